The van der Waals surface area contributed by atoms with Crippen LogP contribution >= 0.6 is 0 Å². The third-order valence-corrected chi connectivity index (χ3v) is 4.72. The third kappa shape index (κ3) is 3.21. The van der Waals surface area contributed by atoms with Gasteiger partial charge in [0.25, 0.3) is 0 Å². The molecule has 3 N–H and O–H groups in total. The van der Waals surface area contributed by atoms with Gasteiger partial charge in [-0.1, -0.05) is 20.8 Å². The molecule has 1 aromatic carbocycles. The van der Waals surface area contributed by atoms with E-state index >= 15 is 0 Å². The summed E-state index contributed by atoms with van der Waals surface area (Å²) < 4.78 is 0. The van der Waals surface area contributed by atoms with Gasteiger partial charge in [-0.3, -0.25) is 0 Å². The summed E-state index contributed by atoms with van der Waals surface area (Å²) in [6.45, 7) is 10.6. The van der Waals surface area contributed by atoms with Crippen molar-refractivity contribution >= 4 is 16.7 Å². The largest absolute Gasteiger partial charge is 0.399 e. The van der Waals surface area contributed by atoms with E-state index < -0.39 is 0 Å². The molecule has 0 saturated carbocycles. The van der Waals surface area contributed by atoms with Crippen molar-refractivity contribution in [3.63, 3.8) is 0 Å². The second kappa shape index (κ2) is 5.34. The lowest BCUT2D eigenvalue weighted by atomic mass is 9.80. The molecule has 114 valence electrons. The Morgan fingerprint density at radius 2 is 2.19 bits per heavy atom. The predicted molar refractivity (Wildman–Crippen MR) is 88.2 cm³/mol. The van der Waals surface area contributed by atoms with Crippen LogP contribution in [0.1, 0.15) is 33.0 Å². The Hall–Kier alpha value is -1.55. The van der Waals surface area contributed by atoms with Gasteiger partial charge in [0.1, 0.15) is 5.82 Å². The van der Waals surface area contributed by atoms with E-state index in [0.717, 1.165) is 41.4 Å². The highest BCUT2D eigenvalue weighted by Crippen LogP contribution is 2.33. The minimum absolute atomic E-state index is 0.422. The minimum atomic E-state index is 0.422. The Labute approximate surface area is 126 Å². The van der Waals surface area contributed by atoms with E-state index in [1.807, 2.05) is 18.2 Å². The van der Waals surface area contributed by atoms with Gasteiger partial charge in [0, 0.05) is 25.2 Å². The number of nitrogens with zero attached hydrogens (tertiary/aromatic N) is 2. The Morgan fingerprint density at radius 3 is 2.90 bits per heavy atom. The number of nitrogens with two attached hydrogens (primary N) is 1. The van der Waals surface area contributed by atoms with Crippen LogP contribution in [0.4, 0.5) is 5.69 Å². The van der Waals surface area contributed by atoms with E-state index in [-0.39, 0.29) is 0 Å². The number of likely N-dealkylation sites (tertiary alicyclic amines) is 1. The molecule has 1 saturated heterocycles. The molecule has 0 aliphatic carbocycles. The van der Waals surface area contributed by atoms with Crippen molar-refractivity contribution in [1.82, 2.24) is 14.9 Å². The van der Waals surface area contributed by atoms with Gasteiger partial charge in [-0.25, -0.2) is 4.98 Å². The number of H-pyrrole nitrogens is 1. The Morgan fingerprint density at radius 1 is 1.38 bits per heavy atom. The molecule has 0 amide bonds. The van der Waals surface area contributed by atoms with Crippen molar-refractivity contribution in [3.8, 4) is 0 Å². The maximum absolute atomic E-state index is 5.81. The molecule has 4 nitrogen and oxygen atoms in total. The Bertz CT molecular complexity index is 623. The summed E-state index contributed by atoms with van der Waals surface area (Å²) >= 11 is 0. The van der Waals surface area contributed by atoms with Crippen molar-refractivity contribution in [1.29, 1.82) is 0 Å². The molecular formula is C17H26N4. The number of benzene rings is 1. The van der Waals surface area contributed by atoms with Crippen LogP contribution in [0, 0.1) is 11.3 Å². The molecule has 0 radical (unpaired) electrons. The first-order valence-corrected chi connectivity index (χ1v) is 7.88. The van der Waals surface area contributed by atoms with Crippen molar-refractivity contribution in [2.45, 2.75) is 33.6 Å². The summed E-state index contributed by atoms with van der Waals surface area (Å²) in [5, 5.41) is 0. The van der Waals surface area contributed by atoms with Gasteiger partial charge in [0.2, 0.25) is 0 Å². The summed E-state index contributed by atoms with van der Waals surface area (Å²) in [6.07, 6.45) is 2.30. The van der Waals surface area contributed by atoms with Gasteiger partial charge in [-0.05, 0) is 42.5 Å². The molecule has 21 heavy (non-hydrogen) atoms. The fourth-order valence-electron chi connectivity index (χ4n) is 3.21. The van der Waals surface area contributed by atoms with E-state index in [1.165, 1.54) is 19.5 Å². The molecular weight excluding hydrogens is 260 g/mol. The van der Waals surface area contributed by atoms with E-state index in [9.17, 15) is 0 Å². The van der Waals surface area contributed by atoms with Crippen LogP contribution in [0.15, 0.2) is 18.2 Å². The summed E-state index contributed by atoms with van der Waals surface area (Å²) in [6, 6.07) is 5.84. The molecule has 0 bridgehead atoms. The number of nitrogen functional groups attached to an aromatic ring is 1. The number of fused-ring (bicyclic) bond motifs is 1. The first-order chi connectivity index (χ1) is 9.91. The molecule has 1 aromatic heterocycles. The fourth-order valence-corrected chi connectivity index (χ4v) is 3.21. The van der Waals surface area contributed by atoms with Crippen LogP contribution in [0.25, 0.3) is 11.0 Å². The average Bonchev–Trinajstić information content (AvgIpc) is 3.01. The molecule has 2 heterocycles. The zero-order chi connectivity index (χ0) is 15.0. The second-order valence-electron chi connectivity index (χ2n) is 7.36. The molecule has 0 spiro atoms. The topological polar surface area (TPSA) is 57.9 Å². The van der Waals surface area contributed by atoms with Crippen LogP contribution in [-0.2, 0) is 6.42 Å². The smallest absolute Gasteiger partial charge is 0.108 e. The van der Waals surface area contributed by atoms with Crippen molar-refractivity contribution < 1.29 is 0 Å². The van der Waals surface area contributed by atoms with Crippen molar-refractivity contribution in [2.24, 2.45) is 11.3 Å². The molecule has 1 unspecified atom stereocenters. The Balaban J connectivity index is 1.60. The van der Waals surface area contributed by atoms with Crippen LogP contribution in [0.2, 0.25) is 0 Å². The number of imidazole rings is 1. The lowest BCUT2D eigenvalue weighted by Crippen LogP contribution is -2.27. The van der Waals surface area contributed by atoms with E-state index in [1.54, 1.807) is 0 Å². The minimum Gasteiger partial charge on any atom is -0.399 e. The lowest BCUT2D eigenvalue weighted by molar-refractivity contribution is 0.230. The number of anilines is 1. The van der Waals surface area contributed by atoms with Gasteiger partial charge < -0.3 is 15.6 Å². The van der Waals surface area contributed by atoms with E-state index in [2.05, 4.69) is 35.6 Å². The highest BCUT2D eigenvalue weighted by Gasteiger charge is 2.31. The van der Waals surface area contributed by atoms with E-state index in [0.29, 0.717) is 5.41 Å². The first-order valence-electron chi connectivity index (χ1n) is 7.88. The molecule has 1 aliphatic heterocycles. The van der Waals surface area contributed by atoms with Gasteiger partial charge >= 0.3 is 0 Å². The van der Waals surface area contributed by atoms with Crippen molar-refractivity contribution in [3.05, 3.63) is 24.0 Å². The predicted octanol–water partition coefficient (Wildman–Crippen LogP) is 3.06. The van der Waals surface area contributed by atoms with Crippen LogP contribution in [0.5, 0.6) is 0 Å². The van der Waals surface area contributed by atoms with Gasteiger partial charge in [-0.2, -0.15) is 0 Å². The van der Waals surface area contributed by atoms with Crippen LogP contribution < -0.4 is 5.73 Å². The van der Waals surface area contributed by atoms with Gasteiger partial charge in [0.15, 0.2) is 0 Å². The average molecular weight is 286 g/mol. The first kappa shape index (κ1) is 14.4. The SMILES string of the molecule is CC(C)(C)C1CCN(CCc2nc3ccc(N)cc3[nH]2)C1. The molecule has 2 aromatic rings. The fraction of sp³-hybridized carbons (Fsp3) is 0.588. The quantitative estimate of drug-likeness (QED) is 0.853. The number of nitrogens with one attached hydrogen (secondary N) is 1. The number of hydrogen-bond acceptors (Lipinski definition) is 3. The van der Waals surface area contributed by atoms with Crippen LogP contribution in [-0.4, -0.2) is 34.5 Å². The number of aromatic nitrogens is 2. The summed E-state index contributed by atoms with van der Waals surface area (Å²) in [7, 11) is 0. The third-order valence-electron chi connectivity index (χ3n) is 4.72. The van der Waals surface area contributed by atoms with Crippen LogP contribution in [0.3, 0.4) is 0 Å². The maximum Gasteiger partial charge on any atom is 0.108 e. The lowest BCUT2D eigenvalue weighted by Gasteiger charge is -2.27. The number of rotatable bonds is 3. The molecule has 1 fully saturated rings. The summed E-state index contributed by atoms with van der Waals surface area (Å²) in [4.78, 5) is 10.6. The van der Waals surface area contributed by atoms with Gasteiger partial charge in [0.05, 0.1) is 11.0 Å². The molecule has 3 rings (SSSR count). The molecule has 4 heteroatoms. The normalized spacial score (nSPS) is 20.4. The summed E-state index contributed by atoms with van der Waals surface area (Å²) in [5.41, 5.74) is 9.06. The zero-order valence-corrected chi connectivity index (χ0v) is 13.3. The van der Waals surface area contributed by atoms with Gasteiger partial charge in [-0.15, -0.1) is 0 Å². The maximum atomic E-state index is 5.81. The molecule has 1 atom stereocenters. The monoisotopic (exact) mass is 286 g/mol. The van der Waals surface area contributed by atoms with E-state index in [4.69, 9.17) is 5.73 Å². The molecule has 1 aliphatic rings. The Kier molecular flexibility index (Phi) is 3.66. The number of hydrogen-bond donors (Lipinski definition) is 2. The second-order valence-corrected chi connectivity index (χ2v) is 7.36. The number of aromatic amines is 1. The highest BCUT2D eigenvalue weighted by molar-refractivity contribution is 5.78. The highest BCUT2D eigenvalue weighted by atomic mass is 15.1. The zero-order valence-electron chi connectivity index (χ0n) is 13.3. The summed E-state index contributed by atoms with van der Waals surface area (Å²) in [5.74, 6) is 1.88. The van der Waals surface area contributed by atoms with Crippen molar-refractivity contribution in [2.75, 3.05) is 25.4 Å². The standard InChI is InChI=1S/C17H26N4/c1-17(2,3)12-6-8-21(11-12)9-7-16-19-14-5-4-13(18)10-15(14)20-16/h4-5,10,12H,6-9,11,18H2,1-3H3,(H,19,20).